The molecule has 162 valence electrons. The summed E-state index contributed by atoms with van der Waals surface area (Å²) in [6.45, 7) is 8.47. The number of anilines is 1. The molecule has 2 aromatic carbocycles. The molecule has 31 heavy (non-hydrogen) atoms. The van der Waals surface area contributed by atoms with E-state index in [-0.39, 0.29) is 0 Å². The molecule has 0 saturated carbocycles. The van der Waals surface area contributed by atoms with Crippen LogP contribution in [-0.4, -0.2) is 23.5 Å². The van der Waals surface area contributed by atoms with Crippen molar-refractivity contribution < 1.29 is 12.8 Å². The molecule has 0 unspecified atom stereocenters. The molecule has 0 fully saturated rings. The van der Waals surface area contributed by atoms with Gasteiger partial charge in [-0.05, 0) is 48.4 Å². The van der Waals surface area contributed by atoms with Gasteiger partial charge < -0.3 is 4.42 Å². The van der Waals surface area contributed by atoms with E-state index in [1.165, 1.54) is 7.05 Å². The van der Waals surface area contributed by atoms with Crippen LogP contribution in [0.2, 0.25) is 19.6 Å². The van der Waals surface area contributed by atoms with Crippen molar-refractivity contribution >= 4 is 34.9 Å². The van der Waals surface area contributed by atoms with E-state index in [1.807, 2.05) is 25.1 Å². The summed E-state index contributed by atoms with van der Waals surface area (Å²) >= 11 is 0. The van der Waals surface area contributed by atoms with Crippen LogP contribution >= 0.6 is 0 Å². The van der Waals surface area contributed by atoms with Gasteiger partial charge in [0.05, 0.1) is 5.69 Å². The molecule has 8 heteroatoms. The zero-order valence-electron chi connectivity index (χ0n) is 18.3. The van der Waals surface area contributed by atoms with E-state index in [2.05, 4.69) is 40.5 Å². The van der Waals surface area contributed by atoms with Crippen LogP contribution in [0.25, 0.3) is 11.0 Å². The zero-order chi connectivity index (χ0) is 22.8. The van der Waals surface area contributed by atoms with Crippen LogP contribution in [0.5, 0.6) is 0 Å². The van der Waals surface area contributed by atoms with Gasteiger partial charge in [-0.3, -0.25) is 4.72 Å². The third kappa shape index (κ3) is 5.85. The third-order valence-corrected chi connectivity index (χ3v) is 6.61. The molecule has 6 nitrogen and oxygen atoms in total. The molecule has 0 aliphatic heterocycles. The van der Waals surface area contributed by atoms with Gasteiger partial charge >= 0.3 is 5.63 Å². The summed E-state index contributed by atoms with van der Waals surface area (Å²) in [6.07, 6.45) is 0.323. The number of hydrogen-bond acceptors (Lipinski definition) is 4. The smallest absolute Gasteiger partial charge is 0.340 e. The molecule has 3 aromatic rings. The number of aryl methyl sites for hydroxylation is 1. The van der Waals surface area contributed by atoms with Crippen molar-refractivity contribution in [3.8, 4) is 11.5 Å². The van der Waals surface area contributed by atoms with Crippen LogP contribution in [0.3, 0.4) is 0 Å². The fourth-order valence-corrected chi connectivity index (χ4v) is 4.15. The Hall–Kier alpha value is -2.86. The molecule has 0 aliphatic rings. The van der Waals surface area contributed by atoms with Gasteiger partial charge in [-0.2, -0.15) is 8.42 Å². The number of benzene rings is 2. The minimum Gasteiger partial charge on any atom is -0.423 e. The van der Waals surface area contributed by atoms with Gasteiger partial charge in [0.1, 0.15) is 13.7 Å². The molecule has 1 heterocycles. The van der Waals surface area contributed by atoms with Crippen molar-refractivity contribution in [3.63, 3.8) is 0 Å². The molecular formula is C23H26N2O4SSi. The Morgan fingerprint density at radius 1 is 1.10 bits per heavy atom. The standard InChI is InChI=1S/C23H26N2O4SSi/c1-16-20-14-17(11-12-31(3,4)5)9-10-22(20)29-23(26)21(16)15-18-7-6-8-19(13-18)25-30(27,28)24-2/h6-10,13-14,24-25H,15H2,1-5H3. The lowest BCUT2D eigenvalue weighted by Gasteiger charge is -2.11. The first kappa shape index (κ1) is 22.8. The summed E-state index contributed by atoms with van der Waals surface area (Å²) < 4.78 is 33.7. The second kappa shape index (κ2) is 8.71. The SMILES string of the molecule is CNS(=O)(=O)Nc1cccc(Cc2c(C)c3cc(C#C[Si](C)(C)C)ccc3oc2=O)c1. The number of hydrogen-bond donors (Lipinski definition) is 2. The van der Waals surface area contributed by atoms with Crippen LogP contribution in [0.1, 0.15) is 22.3 Å². The summed E-state index contributed by atoms with van der Waals surface area (Å²) in [4.78, 5) is 12.6. The molecule has 0 aliphatic carbocycles. The Bertz CT molecular complexity index is 1360. The normalized spacial score (nSPS) is 11.8. The van der Waals surface area contributed by atoms with Crippen molar-refractivity contribution in [2.45, 2.75) is 33.0 Å². The Morgan fingerprint density at radius 2 is 1.84 bits per heavy atom. The summed E-state index contributed by atoms with van der Waals surface area (Å²) in [5, 5.41) is 0.851. The van der Waals surface area contributed by atoms with Crippen LogP contribution in [0.15, 0.2) is 51.7 Å². The van der Waals surface area contributed by atoms with E-state index >= 15 is 0 Å². The van der Waals surface area contributed by atoms with E-state index < -0.39 is 23.9 Å². The highest BCUT2D eigenvalue weighted by Gasteiger charge is 2.14. The van der Waals surface area contributed by atoms with E-state index in [4.69, 9.17) is 4.42 Å². The minimum atomic E-state index is -3.62. The largest absolute Gasteiger partial charge is 0.423 e. The topological polar surface area (TPSA) is 88.4 Å². The first-order valence-corrected chi connectivity index (χ1v) is 14.9. The van der Waals surface area contributed by atoms with Crippen LogP contribution < -0.4 is 15.1 Å². The predicted octanol–water partition coefficient (Wildman–Crippen LogP) is 3.80. The van der Waals surface area contributed by atoms with Crippen LogP contribution in [0, 0.1) is 18.4 Å². The Labute approximate surface area is 183 Å². The summed E-state index contributed by atoms with van der Waals surface area (Å²) in [5.74, 6) is 3.24. The molecular weight excluding hydrogens is 428 g/mol. The van der Waals surface area contributed by atoms with Crippen molar-refractivity contribution in [1.29, 1.82) is 0 Å². The van der Waals surface area contributed by atoms with Crippen molar-refractivity contribution in [3.05, 3.63) is 75.1 Å². The Morgan fingerprint density at radius 3 is 2.52 bits per heavy atom. The fourth-order valence-electron chi connectivity index (χ4n) is 3.09. The molecule has 0 radical (unpaired) electrons. The zero-order valence-corrected chi connectivity index (χ0v) is 20.1. The molecule has 3 rings (SSSR count). The average molecular weight is 455 g/mol. The minimum absolute atomic E-state index is 0.323. The number of rotatable bonds is 5. The van der Waals surface area contributed by atoms with Gasteiger partial charge in [0.15, 0.2) is 0 Å². The number of nitrogens with one attached hydrogen (secondary N) is 2. The van der Waals surface area contributed by atoms with E-state index in [0.29, 0.717) is 23.3 Å². The van der Waals surface area contributed by atoms with Crippen LogP contribution in [0.4, 0.5) is 5.69 Å². The molecule has 0 spiro atoms. The maximum absolute atomic E-state index is 12.6. The van der Waals surface area contributed by atoms with Gasteiger partial charge in [-0.25, -0.2) is 9.52 Å². The lowest BCUT2D eigenvalue weighted by atomic mass is 9.98. The summed E-state index contributed by atoms with van der Waals surface area (Å²) in [7, 11) is -3.79. The Kier molecular flexibility index (Phi) is 6.41. The van der Waals surface area contributed by atoms with Crippen molar-refractivity contribution in [1.82, 2.24) is 4.72 Å². The van der Waals surface area contributed by atoms with Crippen molar-refractivity contribution in [2.24, 2.45) is 0 Å². The lowest BCUT2D eigenvalue weighted by Crippen LogP contribution is -2.26. The predicted molar refractivity (Wildman–Crippen MR) is 128 cm³/mol. The van der Waals surface area contributed by atoms with E-state index in [9.17, 15) is 13.2 Å². The highest BCUT2D eigenvalue weighted by molar-refractivity contribution is 7.90. The van der Waals surface area contributed by atoms with Gasteiger partial charge in [0.2, 0.25) is 0 Å². The van der Waals surface area contributed by atoms with Gasteiger partial charge in [-0.1, -0.05) is 37.7 Å². The maximum atomic E-state index is 12.6. The quantitative estimate of drug-likeness (QED) is 0.349. The molecule has 2 N–H and O–H groups in total. The average Bonchev–Trinajstić information content (AvgIpc) is 2.69. The Balaban J connectivity index is 2.01. The van der Waals surface area contributed by atoms with Crippen LogP contribution in [-0.2, 0) is 16.6 Å². The molecule has 0 amide bonds. The summed E-state index contributed by atoms with van der Waals surface area (Å²) in [6, 6.07) is 12.6. The van der Waals surface area contributed by atoms with Crippen molar-refractivity contribution in [2.75, 3.05) is 11.8 Å². The molecule has 1 aromatic heterocycles. The van der Waals surface area contributed by atoms with Gasteiger partial charge in [-0.15, -0.1) is 5.54 Å². The van der Waals surface area contributed by atoms with E-state index in [1.54, 1.807) is 24.3 Å². The molecule has 0 saturated heterocycles. The highest BCUT2D eigenvalue weighted by Crippen LogP contribution is 2.23. The summed E-state index contributed by atoms with van der Waals surface area (Å²) in [5.41, 5.74) is 6.96. The van der Waals surface area contributed by atoms with Gasteiger partial charge in [0.25, 0.3) is 10.2 Å². The maximum Gasteiger partial charge on any atom is 0.340 e. The third-order valence-electron chi connectivity index (χ3n) is 4.70. The molecule has 0 bridgehead atoms. The lowest BCUT2D eigenvalue weighted by molar-refractivity contribution is 0.551. The highest BCUT2D eigenvalue weighted by atomic mass is 32.2. The fraction of sp³-hybridized carbons (Fsp3) is 0.261. The first-order valence-electron chi connectivity index (χ1n) is 9.87. The molecule has 0 atom stereocenters. The van der Waals surface area contributed by atoms with Gasteiger partial charge in [0, 0.05) is 30.0 Å². The van der Waals surface area contributed by atoms with E-state index in [0.717, 1.165) is 22.1 Å². The second-order valence-electron chi connectivity index (χ2n) is 8.39. The number of fused-ring (bicyclic) bond motifs is 1. The second-order valence-corrected chi connectivity index (χ2v) is 14.8. The monoisotopic (exact) mass is 454 g/mol. The first-order chi connectivity index (χ1) is 14.5.